The molecule has 2 rings (SSSR count). The van der Waals surface area contributed by atoms with Gasteiger partial charge in [0.15, 0.2) is 5.96 Å². The number of anilines is 1. The van der Waals surface area contributed by atoms with Crippen molar-refractivity contribution < 1.29 is 9.59 Å². The monoisotopic (exact) mass is 473 g/mol. The third-order valence-electron chi connectivity index (χ3n) is 3.88. The zero-order valence-electron chi connectivity index (χ0n) is 15.4. The predicted molar refractivity (Wildman–Crippen MR) is 115 cm³/mol. The summed E-state index contributed by atoms with van der Waals surface area (Å²) in [6, 6.07) is 7.57. The lowest BCUT2D eigenvalue weighted by atomic mass is 10.2. The summed E-state index contributed by atoms with van der Waals surface area (Å²) in [5.41, 5.74) is 1.73. The van der Waals surface area contributed by atoms with Crippen LogP contribution in [0.2, 0.25) is 0 Å². The number of benzene rings is 1. The highest BCUT2D eigenvalue weighted by molar-refractivity contribution is 14.0. The molecule has 3 N–H and O–H groups in total. The first-order chi connectivity index (χ1) is 12.1. The fourth-order valence-electron chi connectivity index (χ4n) is 2.70. The lowest BCUT2D eigenvalue weighted by Gasteiger charge is -2.17. The number of carbonyl (C=O) groups excluding carboxylic acids is 2. The fourth-order valence-corrected chi connectivity index (χ4v) is 2.70. The molecule has 1 aromatic carbocycles. The van der Waals surface area contributed by atoms with Gasteiger partial charge in [0.2, 0.25) is 11.8 Å². The standard InChI is InChI=1S/C18H27N5O2.HI/c1-3-19-18(21-13-17(25)23-9-4-5-10-23)20-12-15-7-6-8-16(11-15)22-14(2)24;/h6-8,11H,3-5,9-10,12-13H2,1-2H3,(H,22,24)(H2,19,20,21);1H. The second-order valence-corrected chi connectivity index (χ2v) is 6.02. The summed E-state index contributed by atoms with van der Waals surface area (Å²) in [5.74, 6) is 0.617. The number of carbonyl (C=O) groups is 2. The molecular formula is C18H28IN5O2. The molecule has 0 aromatic heterocycles. The molecule has 8 heteroatoms. The molecule has 7 nitrogen and oxygen atoms in total. The number of hydrogen-bond acceptors (Lipinski definition) is 3. The molecule has 0 radical (unpaired) electrons. The van der Waals surface area contributed by atoms with Gasteiger partial charge in [-0.15, -0.1) is 24.0 Å². The number of rotatable bonds is 6. The zero-order chi connectivity index (χ0) is 18.1. The van der Waals surface area contributed by atoms with Gasteiger partial charge in [-0.25, -0.2) is 4.99 Å². The van der Waals surface area contributed by atoms with Crippen LogP contribution in [0.15, 0.2) is 29.3 Å². The SMILES string of the molecule is CCNC(=NCc1cccc(NC(C)=O)c1)NCC(=O)N1CCCC1.I. The lowest BCUT2D eigenvalue weighted by molar-refractivity contribution is -0.128. The molecule has 1 aliphatic rings. The highest BCUT2D eigenvalue weighted by Crippen LogP contribution is 2.11. The number of halogens is 1. The summed E-state index contributed by atoms with van der Waals surface area (Å²) in [6.07, 6.45) is 2.18. The summed E-state index contributed by atoms with van der Waals surface area (Å²) in [6.45, 7) is 6.59. The van der Waals surface area contributed by atoms with Crippen molar-refractivity contribution in [3.05, 3.63) is 29.8 Å². The van der Waals surface area contributed by atoms with E-state index in [1.54, 1.807) is 0 Å². The van der Waals surface area contributed by atoms with Crippen LogP contribution in [0.3, 0.4) is 0 Å². The molecular weight excluding hydrogens is 445 g/mol. The number of nitrogens with zero attached hydrogens (tertiary/aromatic N) is 2. The van der Waals surface area contributed by atoms with Gasteiger partial charge in [0, 0.05) is 32.2 Å². The van der Waals surface area contributed by atoms with Gasteiger partial charge in [-0.1, -0.05) is 12.1 Å². The first-order valence-electron chi connectivity index (χ1n) is 8.75. The summed E-state index contributed by atoms with van der Waals surface area (Å²) in [5, 5.41) is 9.00. The van der Waals surface area contributed by atoms with Crippen LogP contribution in [0.4, 0.5) is 5.69 Å². The van der Waals surface area contributed by atoms with E-state index in [1.165, 1.54) is 6.92 Å². The highest BCUT2D eigenvalue weighted by atomic mass is 127. The topological polar surface area (TPSA) is 85.8 Å². The van der Waals surface area contributed by atoms with Crippen LogP contribution in [0, 0.1) is 0 Å². The maximum atomic E-state index is 12.1. The average molecular weight is 473 g/mol. The van der Waals surface area contributed by atoms with Crippen molar-refractivity contribution in [3.63, 3.8) is 0 Å². The Kier molecular flexibility index (Phi) is 10.0. The van der Waals surface area contributed by atoms with Gasteiger partial charge in [-0.2, -0.15) is 0 Å². The van der Waals surface area contributed by atoms with E-state index in [0.29, 0.717) is 12.5 Å². The van der Waals surface area contributed by atoms with Crippen LogP contribution in [0.25, 0.3) is 0 Å². The molecule has 2 amide bonds. The van der Waals surface area contributed by atoms with Crippen molar-refractivity contribution in [2.45, 2.75) is 33.2 Å². The number of guanidine groups is 1. The minimum Gasteiger partial charge on any atom is -0.357 e. The van der Waals surface area contributed by atoms with Crippen LogP contribution in [0.5, 0.6) is 0 Å². The Morgan fingerprint density at radius 1 is 1.19 bits per heavy atom. The Labute approximate surface area is 172 Å². The van der Waals surface area contributed by atoms with Gasteiger partial charge in [-0.05, 0) is 37.5 Å². The second kappa shape index (κ2) is 11.7. The molecule has 144 valence electrons. The molecule has 0 unspecified atom stereocenters. The largest absolute Gasteiger partial charge is 0.357 e. The van der Waals surface area contributed by atoms with E-state index < -0.39 is 0 Å². The van der Waals surface area contributed by atoms with Crippen molar-refractivity contribution in [2.24, 2.45) is 4.99 Å². The van der Waals surface area contributed by atoms with E-state index in [9.17, 15) is 9.59 Å². The Morgan fingerprint density at radius 2 is 1.92 bits per heavy atom. The van der Waals surface area contributed by atoms with E-state index in [0.717, 1.165) is 43.7 Å². The number of likely N-dealkylation sites (tertiary alicyclic amines) is 1. The maximum Gasteiger partial charge on any atom is 0.241 e. The van der Waals surface area contributed by atoms with Crippen LogP contribution in [-0.4, -0.2) is 48.9 Å². The highest BCUT2D eigenvalue weighted by Gasteiger charge is 2.17. The number of nitrogens with one attached hydrogen (secondary N) is 3. The normalized spacial score (nSPS) is 13.8. The average Bonchev–Trinajstić information content (AvgIpc) is 3.11. The third kappa shape index (κ3) is 7.59. The Morgan fingerprint density at radius 3 is 2.58 bits per heavy atom. The minimum absolute atomic E-state index is 0. The number of amides is 2. The maximum absolute atomic E-state index is 12.1. The summed E-state index contributed by atoms with van der Waals surface area (Å²) >= 11 is 0. The van der Waals surface area contributed by atoms with E-state index in [1.807, 2.05) is 36.1 Å². The Balaban J connectivity index is 0.00000338. The fraction of sp³-hybridized carbons (Fsp3) is 0.500. The summed E-state index contributed by atoms with van der Waals surface area (Å²) in [4.78, 5) is 29.7. The smallest absolute Gasteiger partial charge is 0.241 e. The van der Waals surface area contributed by atoms with E-state index in [2.05, 4.69) is 20.9 Å². The van der Waals surface area contributed by atoms with E-state index in [4.69, 9.17) is 0 Å². The minimum atomic E-state index is -0.101. The number of hydrogen-bond donors (Lipinski definition) is 3. The van der Waals surface area contributed by atoms with Gasteiger partial charge in [0.25, 0.3) is 0 Å². The molecule has 0 saturated carbocycles. The Bertz CT molecular complexity index is 630. The van der Waals surface area contributed by atoms with Gasteiger partial charge >= 0.3 is 0 Å². The molecule has 1 heterocycles. The molecule has 0 spiro atoms. The molecule has 0 aliphatic carbocycles. The van der Waals surface area contributed by atoms with Crippen molar-refractivity contribution in [2.75, 3.05) is 31.5 Å². The van der Waals surface area contributed by atoms with Gasteiger partial charge in [-0.3, -0.25) is 9.59 Å². The van der Waals surface area contributed by atoms with E-state index >= 15 is 0 Å². The molecule has 1 fully saturated rings. The molecule has 1 aromatic rings. The predicted octanol–water partition coefficient (Wildman–Crippen LogP) is 1.94. The van der Waals surface area contributed by atoms with Crippen molar-refractivity contribution in [1.29, 1.82) is 0 Å². The third-order valence-corrected chi connectivity index (χ3v) is 3.88. The second-order valence-electron chi connectivity index (χ2n) is 6.02. The first kappa shape index (κ1) is 22.2. The van der Waals surface area contributed by atoms with Crippen LogP contribution < -0.4 is 16.0 Å². The van der Waals surface area contributed by atoms with Crippen LogP contribution in [-0.2, 0) is 16.1 Å². The molecule has 0 atom stereocenters. The quantitative estimate of drug-likeness (QED) is 0.335. The van der Waals surface area contributed by atoms with Crippen LogP contribution in [0.1, 0.15) is 32.3 Å². The molecule has 1 saturated heterocycles. The summed E-state index contributed by atoms with van der Waals surface area (Å²) < 4.78 is 0. The first-order valence-corrected chi connectivity index (χ1v) is 8.75. The van der Waals surface area contributed by atoms with E-state index in [-0.39, 0.29) is 42.3 Å². The molecule has 0 bridgehead atoms. The lowest BCUT2D eigenvalue weighted by Crippen LogP contribution is -2.44. The summed E-state index contributed by atoms with van der Waals surface area (Å²) in [7, 11) is 0. The molecule has 1 aliphatic heterocycles. The molecule has 26 heavy (non-hydrogen) atoms. The van der Waals surface area contributed by atoms with Crippen LogP contribution >= 0.6 is 24.0 Å². The van der Waals surface area contributed by atoms with Gasteiger partial charge in [0.05, 0.1) is 13.1 Å². The Hall–Kier alpha value is -1.84. The zero-order valence-corrected chi connectivity index (χ0v) is 17.7. The van der Waals surface area contributed by atoms with Crippen molar-refractivity contribution in [1.82, 2.24) is 15.5 Å². The number of aliphatic imine (C=N–C) groups is 1. The van der Waals surface area contributed by atoms with Crippen molar-refractivity contribution in [3.8, 4) is 0 Å². The van der Waals surface area contributed by atoms with Gasteiger partial charge < -0.3 is 20.9 Å². The van der Waals surface area contributed by atoms with Crippen molar-refractivity contribution >= 4 is 47.4 Å². The van der Waals surface area contributed by atoms with Gasteiger partial charge in [0.1, 0.15) is 0 Å².